The minimum atomic E-state index is -0.752. The Labute approximate surface area is 60.6 Å². The van der Waals surface area contributed by atoms with Crippen LogP contribution in [0.15, 0.2) is 11.6 Å². The Balaban J connectivity index is 2.86. The van der Waals surface area contributed by atoms with Crippen molar-refractivity contribution < 1.29 is 9.90 Å². The van der Waals surface area contributed by atoms with Gasteiger partial charge in [0, 0.05) is 6.42 Å². The lowest BCUT2D eigenvalue weighted by molar-refractivity contribution is -0.117. The molecule has 0 aromatic carbocycles. The first kappa shape index (κ1) is 7.48. The van der Waals surface area contributed by atoms with E-state index in [-0.39, 0.29) is 5.78 Å². The summed E-state index contributed by atoms with van der Waals surface area (Å²) >= 11 is 0. The van der Waals surface area contributed by atoms with E-state index in [4.69, 9.17) is 0 Å². The summed E-state index contributed by atoms with van der Waals surface area (Å²) in [6.07, 6.45) is 2.68. The second-order valence-corrected chi connectivity index (χ2v) is 3.11. The fourth-order valence-corrected chi connectivity index (χ4v) is 1.18. The molecule has 1 N–H and O–H groups in total. The van der Waals surface area contributed by atoms with Crippen LogP contribution in [0, 0.1) is 0 Å². The molecule has 1 aliphatic rings. The normalized spacial score (nSPS) is 33.9. The molecule has 0 spiro atoms. The van der Waals surface area contributed by atoms with E-state index < -0.39 is 5.60 Å². The topological polar surface area (TPSA) is 37.3 Å². The zero-order valence-corrected chi connectivity index (χ0v) is 6.35. The summed E-state index contributed by atoms with van der Waals surface area (Å²) in [5.74, 6) is 0.159. The number of rotatable bonds is 0. The molecular weight excluding hydrogens is 128 g/mol. The molecule has 2 heteroatoms. The molecule has 0 unspecified atom stereocenters. The molecule has 0 saturated heterocycles. The first-order valence-electron chi connectivity index (χ1n) is 3.46. The fourth-order valence-electron chi connectivity index (χ4n) is 1.18. The zero-order valence-electron chi connectivity index (χ0n) is 6.35. The molecule has 0 heterocycles. The molecular formula is C8H12O2. The molecule has 10 heavy (non-hydrogen) atoms. The quantitative estimate of drug-likeness (QED) is 0.546. The number of hydrogen-bond donors (Lipinski definition) is 1. The van der Waals surface area contributed by atoms with Crippen LogP contribution < -0.4 is 0 Å². The largest absolute Gasteiger partial charge is 0.386 e. The van der Waals surface area contributed by atoms with Crippen molar-refractivity contribution in [2.24, 2.45) is 0 Å². The van der Waals surface area contributed by atoms with E-state index in [0.717, 1.165) is 0 Å². The predicted octanol–water partition coefficient (Wildman–Crippen LogP) is 1.05. The average molecular weight is 140 g/mol. The first-order chi connectivity index (χ1) is 4.51. The molecule has 0 bridgehead atoms. The van der Waals surface area contributed by atoms with Crippen LogP contribution in [0.1, 0.15) is 26.7 Å². The van der Waals surface area contributed by atoms with Crippen LogP contribution >= 0.6 is 0 Å². The lowest BCUT2D eigenvalue weighted by atomic mass is 9.88. The number of carbonyl (C=O) groups excluding carboxylic acids is 1. The maximum absolute atomic E-state index is 10.9. The van der Waals surface area contributed by atoms with Gasteiger partial charge in [-0.25, -0.2) is 0 Å². The molecule has 0 saturated carbocycles. The zero-order chi connectivity index (χ0) is 7.78. The number of hydrogen-bond acceptors (Lipinski definition) is 2. The van der Waals surface area contributed by atoms with Gasteiger partial charge in [-0.15, -0.1) is 0 Å². The van der Waals surface area contributed by atoms with E-state index in [1.807, 2.05) is 0 Å². The van der Waals surface area contributed by atoms with Gasteiger partial charge in [-0.2, -0.15) is 0 Å². The Hall–Kier alpha value is -0.630. The van der Waals surface area contributed by atoms with E-state index in [1.165, 1.54) is 0 Å². The predicted molar refractivity (Wildman–Crippen MR) is 38.6 cm³/mol. The Morgan fingerprint density at radius 1 is 1.70 bits per heavy atom. The van der Waals surface area contributed by atoms with Crippen LogP contribution in [0.4, 0.5) is 0 Å². The summed E-state index contributed by atoms with van der Waals surface area (Å²) in [6.45, 7) is 3.47. The van der Waals surface area contributed by atoms with Gasteiger partial charge in [0.1, 0.15) is 0 Å². The number of allylic oxidation sites excluding steroid dienone is 1. The smallest absolute Gasteiger partial charge is 0.158 e. The molecule has 1 atom stereocenters. The molecule has 56 valence electrons. The summed E-state index contributed by atoms with van der Waals surface area (Å²) in [5.41, 5.74) is -0.0610. The third-order valence-electron chi connectivity index (χ3n) is 1.83. The Kier molecular flexibility index (Phi) is 1.65. The summed E-state index contributed by atoms with van der Waals surface area (Å²) < 4.78 is 0. The minimum Gasteiger partial charge on any atom is -0.386 e. The molecule has 1 rings (SSSR count). The summed E-state index contributed by atoms with van der Waals surface area (Å²) in [6, 6.07) is 0. The van der Waals surface area contributed by atoms with Gasteiger partial charge in [-0.3, -0.25) is 4.79 Å². The van der Waals surface area contributed by atoms with Crippen molar-refractivity contribution >= 4 is 5.78 Å². The highest BCUT2D eigenvalue weighted by Gasteiger charge is 2.24. The van der Waals surface area contributed by atoms with Crippen LogP contribution in [0.5, 0.6) is 0 Å². The molecule has 0 aromatic rings. The number of carbonyl (C=O) groups is 1. The van der Waals surface area contributed by atoms with Gasteiger partial charge in [0.15, 0.2) is 5.78 Å². The lowest BCUT2D eigenvalue weighted by Gasteiger charge is -2.23. The van der Waals surface area contributed by atoms with Gasteiger partial charge in [0.05, 0.1) is 5.60 Å². The van der Waals surface area contributed by atoms with Crippen LogP contribution in [0.3, 0.4) is 0 Å². The van der Waals surface area contributed by atoms with Crippen LogP contribution in [0.2, 0.25) is 0 Å². The van der Waals surface area contributed by atoms with Gasteiger partial charge >= 0.3 is 0 Å². The van der Waals surface area contributed by atoms with E-state index in [9.17, 15) is 9.90 Å². The Bertz CT molecular complexity index is 189. The van der Waals surface area contributed by atoms with Gasteiger partial charge in [-0.1, -0.05) is 0 Å². The van der Waals surface area contributed by atoms with Crippen LogP contribution in [-0.2, 0) is 4.79 Å². The highest BCUT2D eigenvalue weighted by molar-refractivity contribution is 5.95. The SMILES string of the molecule is CC1=C[C@](C)(O)CCC1=O. The molecule has 0 aromatic heterocycles. The maximum Gasteiger partial charge on any atom is 0.158 e. The third-order valence-corrected chi connectivity index (χ3v) is 1.83. The molecule has 0 fully saturated rings. The van der Waals surface area contributed by atoms with E-state index in [0.29, 0.717) is 18.4 Å². The molecule has 0 aliphatic heterocycles. The summed E-state index contributed by atoms with van der Waals surface area (Å²) in [5, 5.41) is 9.43. The van der Waals surface area contributed by atoms with Gasteiger partial charge in [0.2, 0.25) is 0 Å². The highest BCUT2D eigenvalue weighted by atomic mass is 16.3. The van der Waals surface area contributed by atoms with Crippen LogP contribution in [0.25, 0.3) is 0 Å². The van der Waals surface area contributed by atoms with Gasteiger partial charge in [-0.05, 0) is 31.9 Å². The van der Waals surface area contributed by atoms with Crippen molar-refractivity contribution in [1.82, 2.24) is 0 Å². The van der Waals surface area contributed by atoms with E-state index in [2.05, 4.69) is 0 Å². The first-order valence-corrected chi connectivity index (χ1v) is 3.46. The molecule has 0 radical (unpaired) electrons. The average Bonchev–Trinajstić information content (AvgIpc) is 1.79. The Morgan fingerprint density at radius 2 is 2.30 bits per heavy atom. The monoisotopic (exact) mass is 140 g/mol. The number of aliphatic hydroxyl groups is 1. The second kappa shape index (κ2) is 2.20. The lowest BCUT2D eigenvalue weighted by Crippen LogP contribution is -2.27. The number of Topliss-reactive ketones (excluding diaryl/α,β-unsaturated/α-hetero) is 1. The van der Waals surface area contributed by atoms with Crippen molar-refractivity contribution in [3.8, 4) is 0 Å². The standard InChI is InChI=1S/C8H12O2/c1-6-5-8(2,10)4-3-7(6)9/h5,10H,3-4H2,1-2H3/t8-/m1/s1. The Morgan fingerprint density at radius 3 is 2.70 bits per heavy atom. The van der Waals surface area contributed by atoms with Crippen molar-refractivity contribution in [3.63, 3.8) is 0 Å². The fraction of sp³-hybridized carbons (Fsp3) is 0.625. The molecule has 2 nitrogen and oxygen atoms in total. The molecule has 0 amide bonds. The summed E-state index contributed by atoms with van der Waals surface area (Å²) in [4.78, 5) is 10.9. The summed E-state index contributed by atoms with van der Waals surface area (Å²) in [7, 11) is 0. The van der Waals surface area contributed by atoms with E-state index >= 15 is 0 Å². The third kappa shape index (κ3) is 1.45. The second-order valence-electron chi connectivity index (χ2n) is 3.11. The van der Waals surface area contributed by atoms with Crippen LogP contribution in [-0.4, -0.2) is 16.5 Å². The number of ketones is 1. The minimum absolute atomic E-state index is 0.159. The van der Waals surface area contributed by atoms with Crippen molar-refractivity contribution in [3.05, 3.63) is 11.6 Å². The van der Waals surface area contributed by atoms with Crippen molar-refractivity contribution in [2.45, 2.75) is 32.3 Å². The van der Waals surface area contributed by atoms with Crippen molar-refractivity contribution in [1.29, 1.82) is 0 Å². The highest BCUT2D eigenvalue weighted by Crippen LogP contribution is 2.22. The van der Waals surface area contributed by atoms with Crippen molar-refractivity contribution in [2.75, 3.05) is 0 Å². The molecule has 1 aliphatic carbocycles. The maximum atomic E-state index is 10.9. The van der Waals surface area contributed by atoms with Gasteiger partial charge in [0.25, 0.3) is 0 Å². The van der Waals surface area contributed by atoms with E-state index in [1.54, 1.807) is 19.9 Å². The van der Waals surface area contributed by atoms with Gasteiger partial charge < -0.3 is 5.11 Å².